The van der Waals surface area contributed by atoms with Crippen LogP contribution in [0.25, 0.3) is 16.8 Å². The molecule has 0 radical (unpaired) electrons. The molecule has 148 valence electrons. The molecule has 0 aliphatic heterocycles. The minimum atomic E-state index is 0.657. The van der Waals surface area contributed by atoms with Crippen LogP contribution in [0.1, 0.15) is 5.56 Å². The van der Waals surface area contributed by atoms with Crippen molar-refractivity contribution >= 4 is 11.5 Å². The van der Waals surface area contributed by atoms with E-state index < -0.39 is 0 Å². The van der Waals surface area contributed by atoms with Gasteiger partial charge in [0, 0.05) is 24.4 Å². The van der Waals surface area contributed by atoms with Gasteiger partial charge in [0.05, 0.1) is 33.1 Å². The molecule has 0 unspecified atom stereocenters. The van der Waals surface area contributed by atoms with Crippen molar-refractivity contribution in [3.8, 4) is 28.4 Å². The number of aromatic nitrogens is 3. The summed E-state index contributed by atoms with van der Waals surface area (Å²) >= 11 is 0. The Morgan fingerprint density at radius 1 is 0.862 bits per heavy atom. The first kappa shape index (κ1) is 18.6. The van der Waals surface area contributed by atoms with Crippen molar-refractivity contribution in [2.24, 2.45) is 0 Å². The highest BCUT2D eigenvalue weighted by atomic mass is 16.5. The number of hydrogen-bond acceptors (Lipinski definition) is 6. The summed E-state index contributed by atoms with van der Waals surface area (Å²) in [4.78, 5) is 4.53. The molecule has 0 fully saturated rings. The minimum absolute atomic E-state index is 0.657. The number of anilines is 1. The number of nitrogens with zero attached hydrogens (tertiary/aromatic N) is 3. The van der Waals surface area contributed by atoms with Crippen LogP contribution < -0.4 is 19.5 Å². The summed E-state index contributed by atoms with van der Waals surface area (Å²) in [5.74, 6) is 3.13. The average Bonchev–Trinajstić information content (AvgIpc) is 3.22. The molecule has 0 bridgehead atoms. The van der Waals surface area contributed by atoms with E-state index >= 15 is 0 Å². The second kappa shape index (κ2) is 8.10. The predicted molar refractivity (Wildman–Crippen MR) is 112 cm³/mol. The topological polar surface area (TPSA) is 69.9 Å². The fourth-order valence-corrected chi connectivity index (χ4v) is 3.17. The number of rotatable bonds is 7. The van der Waals surface area contributed by atoms with E-state index in [4.69, 9.17) is 14.2 Å². The first-order valence-electron chi connectivity index (χ1n) is 9.15. The Morgan fingerprint density at radius 3 is 2.34 bits per heavy atom. The highest BCUT2D eigenvalue weighted by Gasteiger charge is 2.15. The van der Waals surface area contributed by atoms with Gasteiger partial charge in [-0.2, -0.15) is 9.61 Å². The maximum Gasteiger partial charge on any atom is 0.165 e. The van der Waals surface area contributed by atoms with Crippen molar-refractivity contribution < 1.29 is 14.2 Å². The van der Waals surface area contributed by atoms with Crippen LogP contribution >= 0.6 is 0 Å². The van der Waals surface area contributed by atoms with Crippen LogP contribution in [-0.2, 0) is 6.54 Å². The van der Waals surface area contributed by atoms with E-state index in [-0.39, 0.29) is 0 Å². The summed E-state index contributed by atoms with van der Waals surface area (Å²) in [6.45, 7) is 0.657. The molecular formula is C22H22N4O3. The van der Waals surface area contributed by atoms with Gasteiger partial charge in [0.2, 0.25) is 0 Å². The second-order valence-electron chi connectivity index (χ2n) is 6.39. The fourth-order valence-electron chi connectivity index (χ4n) is 3.17. The lowest BCUT2D eigenvalue weighted by molar-refractivity contribution is 0.395. The molecule has 0 aliphatic rings. The Bertz CT molecular complexity index is 1120. The zero-order valence-corrected chi connectivity index (χ0v) is 16.5. The average molecular weight is 390 g/mol. The van der Waals surface area contributed by atoms with Crippen LogP contribution in [-0.4, -0.2) is 35.9 Å². The van der Waals surface area contributed by atoms with Gasteiger partial charge in [0.1, 0.15) is 23.1 Å². The highest BCUT2D eigenvalue weighted by Crippen LogP contribution is 2.35. The standard InChI is InChI=1S/C22H22N4O3/c1-27-16-6-4-15(5-7-16)13-24-21-10-11-23-22-19(14-25-26(21)22)18-9-8-17(28-2)12-20(18)29-3/h4-12,14,24H,13H2,1-3H3. The molecule has 0 saturated heterocycles. The van der Waals surface area contributed by atoms with Gasteiger partial charge in [0.25, 0.3) is 0 Å². The third kappa shape index (κ3) is 3.67. The van der Waals surface area contributed by atoms with Crippen LogP contribution in [0.5, 0.6) is 17.2 Å². The second-order valence-corrected chi connectivity index (χ2v) is 6.39. The van der Waals surface area contributed by atoms with Crippen molar-refractivity contribution in [1.82, 2.24) is 14.6 Å². The number of ether oxygens (including phenoxy) is 3. The molecule has 0 amide bonds. The lowest BCUT2D eigenvalue weighted by Gasteiger charge is -2.11. The molecule has 4 rings (SSSR count). The van der Waals surface area contributed by atoms with E-state index in [1.54, 1.807) is 38.2 Å². The Morgan fingerprint density at radius 2 is 1.62 bits per heavy atom. The van der Waals surface area contributed by atoms with Crippen molar-refractivity contribution in [3.63, 3.8) is 0 Å². The summed E-state index contributed by atoms with van der Waals surface area (Å²) in [6.07, 6.45) is 3.57. The van der Waals surface area contributed by atoms with Crippen molar-refractivity contribution in [2.45, 2.75) is 6.54 Å². The Balaban J connectivity index is 1.64. The fraction of sp³-hybridized carbons (Fsp3) is 0.182. The smallest absolute Gasteiger partial charge is 0.165 e. The van der Waals surface area contributed by atoms with Gasteiger partial charge in [0.15, 0.2) is 5.65 Å². The number of methoxy groups -OCH3 is 3. The molecule has 4 aromatic rings. The maximum absolute atomic E-state index is 5.54. The quantitative estimate of drug-likeness (QED) is 0.514. The van der Waals surface area contributed by atoms with Crippen LogP contribution in [0.3, 0.4) is 0 Å². The Hall–Kier alpha value is -3.74. The van der Waals surface area contributed by atoms with E-state index in [0.717, 1.165) is 39.7 Å². The van der Waals surface area contributed by atoms with E-state index in [0.29, 0.717) is 12.3 Å². The molecular weight excluding hydrogens is 368 g/mol. The number of nitrogens with one attached hydrogen (secondary N) is 1. The lowest BCUT2D eigenvalue weighted by Crippen LogP contribution is -2.05. The van der Waals surface area contributed by atoms with Gasteiger partial charge in [-0.25, -0.2) is 4.98 Å². The van der Waals surface area contributed by atoms with Gasteiger partial charge in [-0.05, 0) is 35.9 Å². The number of hydrogen-bond donors (Lipinski definition) is 1. The van der Waals surface area contributed by atoms with Crippen molar-refractivity contribution in [3.05, 3.63) is 66.5 Å². The summed E-state index contributed by atoms with van der Waals surface area (Å²) in [5.41, 5.74) is 3.67. The highest BCUT2D eigenvalue weighted by molar-refractivity contribution is 5.82. The Labute approximate surface area is 168 Å². The Kier molecular flexibility index (Phi) is 5.20. The third-order valence-corrected chi connectivity index (χ3v) is 4.73. The number of fused-ring (bicyclic) bond motifs is 1. The normalized spacial score (nSPS) is 10.7. The molecule has 0 aliphatic carbocycles. The van der Waals surface area contributed by atoms with Crippen LogP contribution in [0, 0.1) is 0 Å². The summed E-state index contributed by atoms with van der Waals surface area (Å²) in [5, 5.41) is 7.96. The molecule has 2 aromatic carbocycles. The van der Waals surface area contributed by atoms with Crippen molar-refractivity contribution in [2.75, 3.05) is 26.6 Å². The number of benzene rings is 2. The summed E-state index contributed by atoms with van der Waals surface area (Å²) in [7, 11) is 4.93. The SMILES string of the molecule is COc1ccc(CNc2ccnc3c(-c4ccc(OC)cc4OC)cnn23)cc1. The molecule has 2 aromatic heterocycles. The van der Waals surface area contributed by atoms with E-state index in [1.807, 2.05) is 48.5 Å². The minimum Gasteiger partial charge on any atom is -0.497 e. The summed E-state index contributed by atoms with van der Waals surface area (Å²) < 4.78 is 17.8. The third-order valence-electron chi connectivity index (χ3n) is 4.73. The first-order chi connectivity index (χ1) is 14.2. The van der Waals surface area contributed by atoms with E-state index in [9.17, 15) is 0 Å². The zero-order valence-electron chi connectivity index (χ0n) is 16.5. The molecule has 0 spiro atoms. The van der Waals surface area contributed by atoms with E-state index in [1.165, 1.54) is 0 Å². The molecule has 7 nitrogen and oxygen atoms in total. The van der Waals surface area contributed by atoms with Gasteiger partial charge in [-0.15, -0.1) is 0 Å². The predicted octanol–water partition coefficient (Wildman–Crippen LogP) is 4.03. The largest absolute Gasteiger partial charge is 0.497 e. The molecule has 1 N–H and O–H groups in total. The van der Waals surface area contributed by atoms with Gasteiger partial charge in [-0.1, -0.05) is 12.1 Å². The van der Waals surface area contributed by atoms with Crippen LogP contribution in [0.4, 0.5) is 5.82 Å². The van der Waals surface area contributed by atoms with Gasteiger partial charge in [-0.3, -0.25) is 0 Å². The molecule has 7 heteroatoms. The molecule has 0 atom stereocenters. The molecule has 2 heterocycles. The van der Waals surface area contributed by atoms with Gasteiger partial charge >= 0.3 is 0 Å². The summed E-state index contributed by atoms with van der Waals surface area (Å²) in [6, 6.07) is 15.5. The first-order valence-corrected chi connectivity index (χ1v) is 9.15. The van der Waals surface area contributed by atoms with Gasteiger partial charge < -0.3 is 19.5 Å². The maximum atomic E-state index is 5.54. The van der Waals surface area contributed by atoms with Crippen LogP contribution in [0.15, 0.2) is 60.9 Å². The molecule has 0 saturated carbocycles. The zero-order chi connectivity index (χ0) is 20.2. The van der Waals surface area contributed by atoms with E-state index in [2.05, 4.69) is 15.4 Å². The molecule has 29 heavy (non-hydrogen) atoms. The monoisotopic (exact) mass is 390 g/mol. The van der Waals surface area contributed by atoms with Crippen molar-refractivity contribution in [1.29, 1.82) is 0 Å². The lowest BCUT2D eigenvalue weighted by atomic mass is 10.1. The van der Waals surface area contributed by atoms with Crippen LogP contribution in [0.2, 0.25) is 0 Å².